The molecule has 1 fully saturated rings. The van der Waals surface area contributed by atoms with E-state index in [9.17, 15) is 9.59 Å². The molecule has 5 heteroatoms. The lowest BCUT2D eigenvalue weighted by molar-refractivity contribution is -0.123. The van der Waals surface area contributed by atoms with Gasteiger partial charge in [-0.1, -0.05) is 0 Å². The zero-order valence-electron chi connectivity index (χ0n) is 12.0. The molecule has 0 aromatic heterocycles. The van der Waals surface area contributed by atoms with Crippen LogP contribution in [0, 0.1) is 5.92 Å². The van der Waals surface area contributed by atoms with Crippen molar-refractivity contribution in [2.45, 2.75) is 19.3 Å². The fraction of sp³-hybridized carbons (Fsp3) is 0.500. The van der Waals surface area contributed by atoms with Crippen LogP contribution in [0.1, 0.15) is 28.8 Å². The number of likely N-dealkylation sites (tertiary alicyclic amines) is 1. The molecule has 0 atom stereocenters. The van der Waals surface area contributed by atoms with Gasteiger partial charge in [0, 0.05) is 17.9 Å². The molecule has 3 rings (SSSR count). The van der Waals surface area contributed by atoms with Crippen LogP contribution in [0.4, 0.5) is 0 Å². The Morgan fingerprint density at radius 3 is 2.76 bits per heavy atom. The van der Waals surface area contributed by atoms with Crippen molar-refractivity contribution in [1.29, 1.82) is 0 Å². The van der Waals surface area contributed by atoms with Gasteiger partial charge in [0.15, 0.2) is 5.78 Å². The molecule has 112 valence electrons. The van der Waals surface area contributed by atoms with Gasteiger partial charge in [0.25, 0.3) is 0 Å². The molecular formula is C16H20N2O3. The maximum absolute atomic E-state index is 12.4. The van der Waals surface area contributed by atoms with Gasteiger partial charge in [-0.2, -0.15) is 0 Å². The van der Waals surface area contributed by atoms with Crippen molar-refractivity contribution >= 4 is 11.7 Å². The van der Waals surface area contributed by atoms with E-state index in [4.69, 9.17) is 10.5 Å². The van der Waals surface area contributed by atoms with E-state index in [0.717, 1.165) is 49.2 Å². The van der Waals surface area contributed by atoms with E-state index in [1.54, 1.807) is 0 Å². The molecule has 5 nitrogen and oxygen atoms in total. The molecular weight excluding hydrogens is 268 g/mol. The molecule has 2 N–H and O–H groups in total. The van der Waals surface area contributed by atoms with Gasteiger partial charge in [0.05, 0.1) is 13.2 Å². The Hall–Kier alpha value is -1.88. The second-order valence-corrected chi connectivity index (χ2v) is 5.80. The number of Topliss-reactive ketones (excluding diaryl/α,β-unsaturated/α-hetero) is 1. The van der Waals surface area contributed by atoms with Crippen LogP contribution < -0.4 is 10.5 Å². The van der Waals surface area contributed by atoms with Crippen LogP contribution in [0.2, 0.25) is 0 Å². The van der Waals surface area contributed by atoms with Crippen LogP contribution in [-0.4, -0.2) is 42.8 Å². The van der Waals surface area contributed by atoms with Gasteiger partial charge in [0.2, 0.25) is 5.91 Å². The van der Waals surface area contributed by atoms with Gasteiger partial charge < -0.3 is 10.5 Å². The van der Waals surface area contributed by atoms with E-state index in [0.29, 0.717) is 13.2 Å². The van der Waals surface area contributed by atoms with Crippen molar-refractivity contribution in [3.63, 3.8) is 0 Å². The molecule has 0 aliphatic carbocycles. The molecule has 0 spiro atoms. The molecule has 1 saturated heterocycles. The normalized spacial score (nSPS) is 19.0. The standard InChI is InChI=1S/C16H20N2O3/c17-16(20)11-3-6-18(7-4-11)10-14(19)12-1-2-15-13(9-12)5-8-21-15/h1-2,9,11H,3-8,10H2,(H2,17,20). The Bertz CT molecular complexity index is 563. The Morgan fingerprint density at radius 1 is 1.29 bits per heavy atom. The summed E-state index contributed by atoms with van der Waals surface area (Å²) in [6.45, 7) is 2.62. The molecule has 0 bridgehead atoms. The number of carbonyl (C=O) groups is 2. The van der Waals surface area contributed by atoms with Crippen LogP contribution in [0.5, 0.6) is 5.75 Å². The molecule has 1 aromatic rings. The Balaban J connectivity index is 1.58. The summed E-state index contributed by atoms with van der Waals surface area (Å²) in [6, 6.07) is 5.67. The minimum atomic E-state index is -0.223. The number of ketones is 1. The first-order chi connectivity index (χ1) is 10.1. The van der Waals surface area contributed by atoms with E-state index in [1.807, 2.05) is 18.2 Å². The largest absolute Gasteiger partial charge is 0.493 e. The number of rotatable bonds is 4. The molecule has 2 aliphatic heterocycles. The average molecular weight is 288 g/mol. The lowest BCUT2D eigenvalue weighted by atomic mass is 9.96. The Labute approximate surface area is 124 Å². The van der Waals surface area contributed by atoms with E-state index in [1.165, 1.54) is 0 Å². The Morgan fingerprint density at radius 2 is 2.05 bits per heavy atom. The van der Waals surface area contributed by atoms with Crippen LogP contribution in [0.15, 0.2) is 18.2 Å². The fourth-order valence-corrected chi connectivity index (χ4v) is 3.03. The molecule has 2 heterocycles. The predicted octanol–water partition coefficient (Wildman–Crippen LogP) is 1.00. The third-order valence-electron chi connectivity index (χ3n) is 4.37. The van der Waals surface area contributed by atoms with Crippen molar-refractivity contribution in [3.05, 3.63) is 29.3 Å². The van der Waals surface area contributed by atoms with E-state index >= 15 is 0 Å². The summed E-state index contributed by atoms with van der Waals surface area (Å²) in [5.41, 5.74) is 7.19. The lowest BCUT2D eigenvalue weighted by Gasteiger charge is -2.29. The minimum absolute atomic E-state index is 0.0338. The number of carbonyl (C=O) groups excluding carboxylic acids is 2. The van der Waals surface area contributed by atoms with Gasteiger partial charge in [0.1, 0.15) is 5.75 Å². The second kappa shape index (κ2) is 5.85. The fourth-order valence-electron chi connectivity index (χ4n) is 3.03. The van der Waals surface area contributed by atoms with Crippen molar-refractivity contribution in [2.24, 2.45) is 11.7 Å². The molecule has 1 amide bonds. The van der Waals surface area contributed by atoms with Crippen LogP contribution in [-0.2, 0) is 11.2 Å². The maximum atomic E-state index is 12.4. The molecule has 0 unspecified atom stereocenters. The number of hydrogen-bond donors (Lipinski definition) is 1. The molecule has 0 saturated carbocycles. The summed E-state index contributed by atoms with van der Waals surface area (Å²) in [6.07, 6.45) is 2.38. The van der Waals surface area contributed by atoms with Crippen molar-refractivity contribution in [1.82, 2.24) is 4.90 Å². The molecule has 1 aromatic carbocycles. The van der Waals surface area contributed by atoms with E-state index < -0.39 is 0 Å². The number of nitrogens with two attached hydrogens (primary N) is 1. The van der Waals surface area contributed by atoms with Gasteiger partial charge in [-0.15, -0.1) is 0 Å². The van der Waals surface area contributed by atoms with Crippen LogP contribution in [0.3, 0.4) is 0 Å². The number of primary amides is 1. The highest BCUT2D eigenvalue weighted by atomic mass is 16.5. The predicted molar refractivity (Wildman–Crippen MR) is 78.3 cm³/mol. The highest BCUT2D eigenvalue weighted by molar-refractivity contribution is 5.98. The van der Waals surface area contributed by atoms with Gasteiger partial charge in [-0.3, -0.25) is 14.5 Å². The smallest absolute Gasteiger partial charge is 0.220 e. The summed E-state index contributed by atoms with van der Waals surface area (Å²) in [7, 11) is 0. The number of hydrogen-bond acceptors (Lipinski definition) is 4. The second-order valence-electron chi connectivity index (χ2n) is 5.80. The number of fused-ring (bicyclic) bond motifs is 1. The lowest BCUT2D eigenvalue weighted by Crippen LogP contribution is -2.40. The molecule has 21 heavy (non-hydrogen) atoms. The zero-order chi connectivity index (χ0) is 14.8. The van der Waals surface area contributed by atoms with E-state index in [-0.39, 0.29) is 17.6 Å². The maximum Gasteiger partial charge on any atom is 0.220 e. The number of ether oxygens (including phenoxy) is 1. The van der Waals surface area contributed by atoms with Gasteiger partial charge >= 0.3 is 0 Å². The third kappa shape index (κ3) is 3.08. The number of amides is 1. The van der Waals surface area contributed by atoms with Crippen molar-refractivity contribution in [3.8, 4) is 5.75 Å². The summed E-state index contributed by atoms with van der Waals surface area (Å²) in [5.74, 6) is 0.768. The molecule has 0 radical (unpaired) electrons. The van der Waals surface area contributed by atoms with Gasteiger partial charge in [-0.25, -0.2) is 0 Å². The highest BCUT2D eigenvalue weighted by Gasteiger charge is 2.24. The summed E-state index contributed by atoms with van der Waals surface area (Å²) in [4.78, 5) is 25.6. The van der Waals surface area contributed by atoms with Crippen LogP contribution in [0.25, 0.3) is 0 Å². The Kier molecular flexibility index (Phi) is 3.92. The first kappa shape index (κ1) is 14.1. The highest BCUT2D eigenvalue weighted by Crippen LogP contribution is 2.26. The summed E-state index contributed by atoms with van der Waals surface area (Å²) >= 11 is 0. The first-order valence-electron chi connectivity index (χ1n) is 7.44. The first-order valence-corrected chi connectivity index (χ1v) is 7.44. The van der Waals surface area contributed by atoms with Crippen LogP contribution >= 0.6 is 0 Å². The number of nitrogens with zero attached hydrogens (tertiary/aromatic N) is 1. The minimum Gasteiger partial charge on any atom is -0.493 e. The number of benzene rings is 1. The van der Waals surface area contributed by atoms with E-state index in [2.05, 4.69) is 4.90 Å². The monoisotopic (exact) mass is 288 g/mol. The van der Waals surface area contributed by atoms with Crippen molar-refractivity contribution < 1.29 is 14.3 Å². The molecule has 2 aliphatic rings. The zero-order valence-corrected chi connectivity index (χ0v) is 12.0. The quantitative estimate of drug-likeness (QED) is 0.839. The van der Waals surface area contributed by atoms with Crippen molar-refractivity contribution in [2.75, 3.05) is 26.2 Å². The third-order valence-corrected chi connectivity index (χ3v) is 4.37. The average Bonchev–Trinajstić information content (AvgIpc) is 2.95. The SMILES string of the molecule is NC(=O)C1CCN(CC(=O)c2ccc3c(c2)CCO3)CC1. The van der Waals surface area contributed by atoms with Gasteiger partial charge in [-0.05, 0) is 49.7 Å². The topological polar surface area (TPSA) is 72.6 Å². The summed E-state index contributed by atoms with van der Waals surface area (Å²) in [5, 5.41) is 0. The number of piperidine rings is 1. The summed E-state index contributed by atoms with van der Waals surface area (Å²) < 4.78 is 5.45.